The van der Waals surface area contributed by atoms with Gasteiger partial charge in [-0.2, -0.15) is 0 Å². The van der Waals surface area contributed by atoms with Crippen LogP contribution in [0, 0.1) is 12.7 Å². The van der Waals surface area contributed by atoms with Gasteiger partial charge in [-0.15, -0.1) is 0 Å². The fourth-order valence-corrected chi connectivity index (χ4v) is 3.32. The Hall–Kier alpha value is -2.73. The summed E-state index contributed by atoms with van der Waals surface area (Å²) in [6, 6.07) is 8.13. The van der Waals surface area contributed by atoms with Gasteiger partial charge in [-0.3, -0.25) is 4.79 Å². The Labute approximate surface area is 154 Å². The molecule has 1 aliphatic rings. The van der Waals surface area contributed by atoms with E-state index in [0.717, 1.165) is 17.5 Å². The second-order valence-electron chi connectivity index (χ2n) is 6.24. The molecule has 0 saturated carbocycles. The lowest BCUT2D eigenvalue weighted by Gasteiger charge is -2.25. The van der Waals surface area contributed by atoms with Gasteiger partial charge in [-0.25, -0.2) is 14.4 Å². The molecule has 132 valence electrons. The van der Waals surface area contributed by atoms with Crippen molar-refractivity contribution in [2.75, 3.05) is 6.54 Å². The Morgan fingerprint density at radius 1 is 1.31 bits per heavy atom. The van der Waals surface area contributed by atoms with E-state index in [1.165, 1.54) is 12.1 Å². The van der Waals surface area contributed by atoms with Crippen LogP contribution in [0.1, 0.15) is 27.4 Å². The SMILES string of the molecule is Cc1cc(Cl)cc(C(=O)N2CCc3oc(-c4ccc(F)cn4)nc3C2)c1. The monoisotopic (exact) mass is 371 g/mol. The number of hydrogen-bond donors (Lipinski definition) is 0. The number of oxazole rings is 1. The molecule has 5 nitrogen and oxygen atoms in total. The molecule has 26 heavy (non-hydrogen) atoms. The number of carbonyl (C=O) groups excluding carboxylic acids is 1. The number of aromatic nitrogens is 2. The Balaban J connectivity index is 1.58. The third-order valence-electron chi connectivity index (χ3n) is 4.25. The molecule has 1 aliphatic heterocycles. The summed E-state index contributed by atoms with van der Waals surface area (Å²) in [5, 5.41) is 0.539. The van der Waals surface area contributed by atoms with Crippen molar-refractivity contribution in [2.24, 2.45) is 0 Å². The van der Waals surface area contributed by atoms with Crippen molar-refractivity contribution in [1.29, 1.82) is 0 Å². The molecule has 1 aromatic carbocycles. The fraction of sp³-hybridized carbons (Fsp3) is 0.211. The molecule has 0 radical (unpaired) electrons. The van der Waals surface area contributed by atoms with Crippen molar-refractivity contribution in [1.82, 2.24) is 14.9 Å². The first-order valence-electron chi connectivity index (χ1n) is 8.16. The molecule has 0 aliphatic carbocycles. The van der Waals surface area contributed by atoms with Gasteiger partial charge in [-0.05, 0) is 42.8 Å². The van der Waals surface area contributed by atoms with Crippen LogP contribution in [0.2, 0.25) is 5.02 Å². The van der Waals surface area contributed by atoms with E-state index in [9.17, 15) is 9.18 Å². The molecule has 0 unspecified atom stereocenters. The number of rotatable bonds is 2. The van der Waals surface area contributed by atoms with E-state index in [-0.39, 0.29) is 5.91 Å². The van der Waals surface area contributed by atoms with Gasteiger partial charge in [-0.1, -0.05) is 11.6 Å². The van der Waals surface area contributed by atoms with Crippen LogP contribution in [0.4, 0.5) is 4.39 Å². The van der Waals surface area contributed by atoms with E-state index in [1.54, 1.807) is 11.0 Å². The zero-order chi connectivity index (χ0) is 18.3. The van der Waals surface area contributed by atoms with E-state index >= 15 is 0 Å². The minimum Gasteiger partial charge on any atom is -0.439 e. The predicted molar refractivity (Wildman–Crippen MR) is 94.3 cm³/mol. The molecule has 2 aromatic heterocycles. The Kier molecular flexibility index (Phi) is 4.20. The van der Waals surface area contributed by atoms with Gasteiger partial charge in [0.25, 0.3) is 5.91 Å². The van der Waals surface area contributed by atoms with Crippen LogP contribution >= 0.6 is 11.6 Å². The maximum absolute atomic E-state index is 13.0. The van der Waals surface area contributed by atoms with Crippen molar-refractivity contribution < 1.29 is 13.6 Å². The summed E-state index contributed by atoms with van der Waals surface area (Å²) in [5.41, 5.74) is 2.65. The van der Waals surface area contributed by atoms with Gasteiger partial charge >= 0.3 is 0 Å². The van der Waals surface area contributed by atoms with Crippen LogP contribution in [-0.2, 0) is 13.0 Å². The van der Waals surface area contributed by atoms with Crippen LogP contribution < -0.4 is 0 Å². The third kappa shape index (κ3) is 3.20. The molecule has 4 rings (SSSR count). The lowest BCUT2D eigenvalue weighted by atomic mass is 10.1. The first-order chi connectivity index (χ1) is 12.5. The van der Waals surface area contributed by atoms with Gasteiger partial charge in [0, 0.05) is 23.6 Å². The number of benzene rings is 1. The number of carbonyl (C=O) groups is 1. The largest absolute Gasteiger partial charge is 0.439 e. The van der Waals surface area contributed by atoms with Crippen molar-refractivity contribution >= 4 is 17.5 Å². The van der Waals surface area contributed by atoms with Crippen molar-refractivity contribution in [3.05, 3.63) is 69.9 Å². The van der Waals surface area contributed by atoms with Gasteiger partial charge < -0.3 is 9.32 Å². The lowest BCUT2D eigenvalue weighted by molar-refractivity contribution is 0.0728. The number of nitrogens with zero attached hydrogens (tertiary/aromatic N) is 3. The number of fused-ring (bicyclic) bond motifs is 1. The van der Waals surface area contributed by atoms with Crippen LogP contribution in [0.5, 0.6) is 0 Å². The first-order valence-corrected chi connectivity index (χ1v) is 8.54. The summed E-state index contributed by atoms with van der Waals surface area (Å²) in [5.74, 6) is 0.560. The minimum atomic E-state index is -0.418. The van der Waals surface area contributed by atoms with E-state index in [2.05, 4.69) is 9.97 Å². The third-order valence-corrected chi connectivity index (χ3v) is 4.47. The van der Waals surface area contributed by atoms with Crippen LogP contribution in [0.3, 0.4) is 0 Å². The Morgan fingerprint density at radius 2 is 2.15 bits per heavy atom. The maximum atomic E-state index is 13.0. The summed E-state index contributed by atoms with van der Waals surface area (Å²) in [4.78, 5) is 22.9. The second-order valence-corrected chi connectivity index (χ2v) is 6.68. The predicted octanol–water partition coefficient (Wildman–Crippen LogP) is 4.04. The molecule has 0 N–H and O–H groups in total. The number of aryl methyl sites for hydroxylation is 1. The van der Waals surface area contributed by atoms with Crippen molar-refractivity contribution in [3.8, 4) is 11.6 Å². The number of amides is 1. The Morgan fingerprint density at radius 3 is 2.88 bits per heavy atom. The average Bonchev–Trinajstić information content (AvgIpc) is 3.04. The smallest absolute Gasteiger partial charge is 0.254 e. The summed E-state index contributed by atoms with van der Waals surface area (Å²) >= 11 is 6.06. The van der Waals surface area contributed by atoms with Gasteiger partial charge in [0.15, 0.2) is 0 Å². The minimum absolute atomic E-state index is 0.0919. The molecule has 0 spiro atoms. The lowest BCUT2D eigenvalue weighted by Crippen LogP contribution is -2.35. The first kappa shape index (κ1) is 16.7. The molecular formula is C19H15ClFN3O2. The quantitative estimate of drug-likeness (QED) is 0.682. The highest BCUT2D eigenvalue weighted by atomic mass is 35.5. The van der Waals surface area contributed by atoms with Gasteiger partial charge in [0.1, 0.15) is 23.0 Å². The number of hydrogen-bond acceptors (Lipinski definition) is 4. The number of halogens is 2. The molecule has 7 heteroatoms. The molecule has 0 bridgehead atoms. The highest BCUT2D eigenvalue weighted by molar-refractivity contribution is 6.31. The summed E-state index contributed by atoms with van der Waals surface area (Å²) in [6.07, 6.45) is 1.69. The molecule has 0 fully saturated rings. The standard InChI is InChI=1S/C19H15ClFN3O2/c1-11-6-12(8-13(20)7-11)19(25)24-5-4-17-16(10-24)23-18(26-17)15-3-2-14(21)9-22-15/h2-3,6-9H,4-5,10H2,1H3. The van der Waals surface area contributed by atoms with E-state index in [4.69, 9.17) is 16.0 Å². The topological polar surface area (TPSA) is 59.2 Å². The number of pyridine rings is 1. The van der Waals surface area contributed by atoms with Crippen molar-refractivity contribution in [3.63, 3.8) is 0 Å². The summed E-state index contributed by atoms with van der Waals surface area (Å²) < 4.78 is 18.8. The average molecular weight is 372 g/mol. The van der Waals surface area contributed by atoms with E-state index < -0.39 is 5.82 Å². The fourth-order valence-electron chi connectivity index (χ4n) is 3.03. The van der Waals surface area contributed by atoms with Gasteiger partial charge in [0.2, 0.25) is 5.89 Å². The molecule has 3 aromatic rings. The zero-order valence-corrected chi connectivity index (χ0v) is 14.8. The molecule has 0 saturated heterocycles. The normalized spacial score (nSPS) is 13.6. The molecule has 3 heterocycles. The van der Waals surface area contributed by atoms with E-state index in [0.29, 0.717) is 47.4 Å². The zero-order valence-electron chi connectivity index (χ0n) is 14.0. The molecule has 1 amide bonds. The second kappa shape index (κ2) is 6.53. The maximum Gasteiger partial charge on any atom is 0.254 e. The van der Waals surface area contributed by atoms with Crippen LogP contribution in [0.25, 0.3) is 11.6 Å². The van der Waals surface area contributed by atoms with Gasteiger partial charge in [0.05, 0.1) is 12.7 Å². The van der Waals surface area contributed by atoms with Crippen LogP contribution in [-0.4, -0.2) is 27.3 Å². The highest BCUT2D eigenvalue weighted by Gasteiger charge is 2.27. The molecule has 0 atom stereocenters. The summed E-state index contributed by atoms with van der Waals surface area (Å²) in [6.45, 7) is 2.78. The van der Waals surface area contributed by atoms with E-state index in [1.807, 2.05) is 19.1 Å². The highest BCUT2D eigenvalue weighted by Crippen LogP contribution is 2.26. The Bertz CT molecular complexity index is 965. The van der Waals surface area contributed by atoms with Crippen molar-refractivity contribution in [2.45, 2.75) is 19.9 Å². The summed E-state index contributed by atoms with van der Waals surface area (Å²) in [7, 11) is 0. The molecular weight excluding hydrogens is 357 g/mol. The van der Waals surface area contributed by atoms with Crippen LogP contribution in [0.15, 0.2) is 40.9 Å².